The zero-order chi connectivity index (χ0) is 37.3. The largest absolute Gasteiger partial charge is 0.458 e. The molecular weight excluding hydrogens is 630 g/mol. The highest BCUT2D eigenvalue weighted by Gasteiger charge is 2.44. The number of alkyl carbamates (subject to hydrolysis) is 1. The molecule has 3 aromatic carbocycles. The van der Waals surface area contributed by atoms with Crippen LogP contribution in [0.2, 0.25) is 0 Å². The lowest BCUT2D eigenvalue weighted by Gasteiger charge is -2.45. The molecule has 0 radical (unpaired) electrons. The number of aryl methyl sites for hydroxylation is 1. The van der Waals surface area contributed by atoms with Gasteiger partial charge in [-0.2, -0.15) is 0 Å². The van der Waals surface area contributed by atoms with Gasteiger partial charge in [0.25, 0.3) is 0 Å². The van der Waals surface area contributed by atoms with Crippen molar-refractivity contribution in [3.8, 4) is 0 Å². The van der Waals surface area contributed by atoms with Crippen LogP contribution in [0.25, 0.3) is 0 Å². The highest BCUT2D eigenvalue weighted by molar-refractivity contribution is 5.94. The van der Waals surface area contributed by atoms with Gasteiger partial charge in [-0.05, 0) is 85.4 Å². The van der Waals surface area contributed by atoms with E-state index in [0.717, 1.165) is 16.7 Å². The highest BCUT2D eigenvalue weighted by atomic mass is 16.6. The van der Waals surface area contributed by atoms with E-state index in [4.69, 9.17) is 9.47 Å². The van der Waals surface area contributed by atoms with Crippen LogP contribution < -0.4 is 10.6 Å². The number of carbonyl (C=O) groups excluding carboxylic acids is 4. The predicted molar refractivity (Wildman–Crippen MR) is 196 cm³/mol. The molecule has 0 spiro atoms. The Kier molecular flexibility index (Phi) is 13.4. The summed E-state index contributed by atoms with van der Waals surface area (Å²) in [6.45, 7) is 18.2. The second kappa shape index (κ2) is 16.8. The van der Waals surface area contributed by atoms with Gasteiger partial charge in [-0.15, -0.1) is 0 Å². The lowest BCUT2D eigenvalue weighted by molar-refractivity contribution is -0.159. The summed E-state index contributed by atoms with van der Waals surface area (Å²) < 4.78 is 11.3. The average molecular weight is 686 g/mol. The van der Waals surface area contributed by atoms with Crippen LogP contribution in [0.5, 0.6) is 0 Å². The molecule has 3 atom stereocenters. The van der Waals surface area contributed by atoms with Crippen molar-refractivity contribution in [3.63, 3.8) is 0 Å². The molecule has 0 saturated heterocycles. The highest BCUT2D eigenvalue weighted by Crippen LogP contribution is 2.33. The molecule has 0 bridgehead atoms. The lowest BCUT2D eigenvalue weighted by atomic mass is 9.90. The summed E-state index contributed by atoms with van der Waals surface area (Å²) in [5, 5.41) is 5.79. The van der Waals surface area contributed by atoms with Gasteiger partial charge in [0.2, 0.25) is 11.8 Å². The van der Waals surface area contributed by atoms with Gasteiger partial charge in [0.15, 0.2) is 0 Å². The molecule has 50 heavy (non-hydrogen) atoms. The van der Waals surface area contributed by atoms with E-state index in [-0.39, 0.29) is 12.8 Å². The summed E-state index contributed by atoms with van der Waals surface area (Å²) in [4.78, 5) is 58.2. The van der Waals surface area contributed by atoms with Crippen molar-refractivity contribution in [3.05, 3.63) is 107 Å². The number of hydrogen-bond acceptors (Lipinski definition) is 6. The first-order chi connectivity index (χ1) is 23.3. The maximum Gasteiger partial charge on any atom is 0.408 e. The Bertz CT molecular complexity index is 1570. The van der Waals surface area contributed by atoms with Crippen molar-refractivity contribution in [2.24, 2.45) is 0 Å². The molecule has 0 fully saturated rings. The number of nitrogens with one attached hydrogen (secondary N) is 2. The third kappa shape index (κ3) is 12.0. The first kappa shape index (κ1) is 39.8. The quantitative estimate of drug-likeness (QED) is 0.183. The predicted octanol–water partition coefficient (Wildman–Crippen LogP) is 7.26. The molecule has 2 N–H and O–H groups in total. The molecule has 3 unspecified atom stereocenters. The fourth-order valence-electron chi connectivity index (χ4n) is 5.45. The van der Waals surface area contributed by atoms with E-state index < -0.39 is 58.7 Å². The molecule has 9 nitrogen and oxygen atoms in total. The number of ether oxygens (including phenoxy) is 2. The number of hydrogen-bond donors (Lipinski definition) is 2. The Balaban J connectivity index is 2.16. The Hall–Kier alpha value is -4.66. The van der Waals surface area contributed by atoms with Crippen molar-refractivity contribution >= 4 is 23.9 Å². The number of esters is 1. The summed E-state index contributed by atoms with van der Waals surface area (Å²) in [5.74, 6) is -1.60. The van der Waals surface area contributed by atoms with E-state index >= 15 is 4.79 Å². The van der Waals surface area contributed by atoms with Crippen LogP contribution in [0.4, 0.5) is 4.79 Å². The molecule has 3 aromatic rings. The summed E-state index contributed by atoms with van der Waals surface area (Å²) >= 11 is 0. The molecule has 0 heterocycles. The number of amides is 3. The molecule has 3 amide bonds. The summed E-state index contributed by atoms with van der Waals surface area (Å²) in [5.41, 5.74) is 0.715. The van der Waals surface area contributed by atoms with Crippen molar-refractivity contribution in [1.82, 2.24) is 15.5 Å². The molecule has 0 saturated carbocycles. The lowest BCUT2D eigenvalue weighted by Crippen LogP contribution is -2.60. The van der Waals surface area contributed by atoms with E-state index in [1.807, 2.05) is 113 Å². The molecule has 3 rings (SSSR count). The maximum absolute atomic E-state index is 15.0. The standard InChI is InChI=1S/C41H55N3O6/c1-11-41(9,10)44(36(46)32(26-29-18-14-12-15-19-29)43-38(48)50-40(6,7)8)34(31-24-22-28(2)23-25-31)35(45)42-33(37(47)49-39(3,4)5)27-30-20-16-13-17-21-30/h12-25,32-34H,11,26-27H2,1-10H3,(H,42,45)(H,43,48). The average Bonchev–Trinajstić information content (AvgIpc) is 3.02. The van der Waals surface area contributed by atoms with Gasteiger partial charge in [0, 0.05) is 18.4 Å². The SMILES string of the molecule is CCC(C)(C)N(C(=O)C(Cc1ccccc1)NC(=O)OC(C)(C)C)C(C(=O)NC(Cc1ccccc1)C(=O)OC(C)(C)C)c1ccc(C)cc1. The number of carbonyl (C=O) groups is 4. The van der Waals surface area contributed by atoms with Crippen LogP contribution in [0.3, 0.4) is 0 Å². The second-order valence-corrected chi connectivity index (χ2v) is 15.4. The van der Waals surface area contributed by atoms with Gasteiger partial charge in [-0.25, -0.2) is 9.59 Å². The van der Waals surface area contributed by atoms with Crippen LogP contribution in [0, 0.1) is 6.92 Å². The van der Waals surface area contributed by atoms with Crippen LogP contribution in [-0.2, 0) is 36.7 Å². The Morgan fingerprint density at radius 2 is 1.14 bits per heavy atom. The van der Waals surface area contributed by atoms with Crippen LogP contribution in [0.1, 0.15) is 97.0 Å². The monoisotopic (exact) mass is 685 g/mol. The molecular formula is C41H55N3O6. The fourth-order valence-corrected chi connectivity index (χ4v) is 5.45. The zero-order valence-electron chi connectivity index (χ0n) is 31.3. The molecule has 270 valence electrons. The van der Waals surface area contributed by atoms with Gasteiger partial charge in [0.1, 0.15) is 29.3 Å². The molecule has 0 aliphatic carbocycles. The van der Waals surface area contributed by atoms with Gasteiger partial charge < -0.3 is 25.0 Å². The van der Waals surface area contributed by atoms with Crippen LogP contribution in [-0.4, -0.2) is 57.6 Å². The Morgan fingerprint density at radius 1 is 0.660 bits per heavy atom. The van der Waals surface area contributed by atoms with Gasteiger partial charge >= 0.3 is 12.1 Å². The van der Waals surface area contributed by atoms with Crippen LogP contribution in [0.15, 0.2) is 84.9 Å². The van der Waals surface area contributed by atoms with Gasteiger partial charge in [-0.1, -0.05) is 97.4 Å². The molecule has 0 aliphatic heterocycles. The molecule has 0 aromatic heterocycles. The van der Waals surface area contributed by atoms with Crippen molar-refractivity contribution in [1.29, 1.82) is 0 Å². The smallest absolute Gasteiger partial charge is 0.408 e. The van der Waals surface area contributed by atoms with Crippen molar-refractivity contribution < 1.29 is 28.7 Å². The van der Waals surface area contributed by atoms with E-state index in [0.29, 0.717) is 12.0 Å². The number of rotatable bonds is 13. The first-order valence-corrected chi connectivity index (χ1v) is 17.3. The third-order valence-corrected chi connectivity index (χ3v) is 8.22. The summed E-state index contributed by atoms with van der Waals surface area (Å²) in [6, 6.07) is 22.9. The number of benzene rings is 3. The van der Waals surface area contributed by atoms with Gasteiger partial charge in [0.05, 0.1) is 0 Å². The summed E-state index contributed by atoms with van der Waals surface area (Å²) in [7, 11) is 0. The normalized spacial score (nSPS) is 13.7. The molecule has 9 heteroatoms. The molecule has 0 aliphatic rings. The Labute approximate surface area is 298 Å². The third-order valence-electron chi connectivity index (χ3n) is 8.22. The topological polar surface area (TPSA) is 114 Å². The van der Waals surface area contributed by atoms with Crippen LogP contribution >= 0.6 is 0 Å². The fraction of sp³-hybridized carbons (Fsp3) is 0.463. The van der Waals surface area contributed by atoms with Crippen molar-refractivity contribution in [2.45, 2.75) is 123 Å². The van der Waals surface area contributed by atoms with Crippen molar-refractivity contribution in [2.75, 3.05) is 0 Å². The zero-order valence-corrected chi connectivity index (χ0v) is 31.3. The summed E-state index contributed by atoms with van der Waals surface area (Å²) in [6.07, 6.45) is 0.0826. The first-order valence-electron chi connectivity index (χ1n) is 17.3. The van der Waals surface area contributed by atoms with E-state index in [9.17, 15) is 14.4 Å². The van der Waals surface area contributed by atoms with E-state index in [1.54, 1.807) is 46.4 Å². The minimum Gasteiger partial charge on any atom is -0.458 e. The minimum absolute atomic E-state index is 0.159. The van der Waals surface area contributed by atoms with E-state index in [2.05, 4.69) is 10.6 Å². The van der Waals surface area contributed by atoms with E-state index in [1.165, 1.54) is 0 Å². The number of nitrogens with zero attached hydrogens (tertiary/aromatic N) is 1. The van der Waals surface area contributed by atoms with Gasteiger partial charge in [-0.3, -0.25) is 9.59 Å². The minimum atomic E-state index is -1.17. The second-order valence-electron chi connectivity index (χ2n) is 15.4. The maximum atomic E-state index is 15.0. The Morgan fingerprint density at radius 3 is 1.60 bits per heavy atom.